The van der Waals surface area contributed by atoms with E-state index in [2.05, 4.69) is 0 Å². The monoisotopic (exact) mass is 228 g/mol. The molecule has 0 amide bonds. The molecule has 17 heavy (non-hydrogen) atoms. The number of benzene rings is 2. The molecule has 88 valence electrons. The Balaban J connectivity index is 2.77. The first kappa shape index (κ1) is 11.5. The van der Waals surface area contributed by atoms with Crippen LogP contribution in [-0.2, 0) is 0 Å². The van der Waals surface area contributed by atoms with Gasteiger partial charge in [-0.1, -0.05) is 18.2 Å². The van der Waals surface area contributed by atoms with Crippen LogP contribution >= 0.6 is 0 Å². The van der Waals surface area contributed by atoms with Crippen molar-refractivity contribution in [2.45, 2.75) is 20.8 Å². The van der Waals surface area contributed by atoms with Crippen LogP contribution in [-0.4, -0.2) is 10.2 Å². The molecule has 0 saturated carbocycles. The topological polar surface area (TPSA) is 40.5 Å². The van der Waals surface area contributed by atoms with Gasteiger partial charge in [0.2, 0.25) is 0 Å². The van der Waals surface area contributed by atoms with Crippen molar-refractivity contribution in [3.8, 4) is 22.6 Å². The SMILES string of the molecule is Cc1cccc(C)c1-c1c(C)cc(O)cc1O. The van der Waals surface area contributed by atoms with Crippen LogP contribution in [0.1, 0.15) is 16.7 Å². The maximum atomic E-state index is 10.0. The van der Waals surface area contributed by atoms with E-state index in [9.17, 15) is 10.2 Å². The number of aromatic hydroxyl groups is 2. The molecule has 0 aliphatic carbocycles. The molecule has 0 aliphatic rings. The smallest absolute Gasteiger partial charge is 0.127 e. The molecule has 2 rings (SSSR count). The third-order valence-corrected chi connectivity index (χ3v) is 3.03. The van der Waals surface area contributed by atoms with Crippen molar-refractivity contribution in [2.24, 2.45) is 0 Å². The van der Waals surface area contributed by atoms with Crippen molar-refractivity contribution in [1.82, 2.24) is 0 Å². The average molecular weight is 228 g/mol. The molecule has 0 atom stereocenters. The summed E-state index contributed by atoms with van der Waals surface area (Å²) in [5, 5.41) is 19.5. The maximum Gasteiger partial charge on any atom is 0.127 e. The zero-order chi connectivity index (χ0) is 12.6. The predicted molar refractivity (Wildman–Crippen MR) is 69.4 cm³/mol. The second-order valence-corrected chi connectivity index (χ2v) is 4.42. The number of aryl methyl sites for hydroxylation is 3. The summed E-state index contributed by atoms with van der Waals surface area (Å²) < 4.78 is 0. The van der Waals surface area contributed by atoms with E-state index in [1.165, 1.54) is 6.07 Å². The minimum atomic E-state index is 0.0926. The molecule has 2 N–H and O–H groups in total. The minimum absolute atomic E-state index is 0.0926. The van der Waals surface area contributed by atoms with Crippen LogP contribution < -0.4 is 0 Å². The van der Waals surface area contributed by atoms with E-state index in [1.54, 1.807) is 6.07 Å². The van der Waals surface area contributed by atoms with Crippen molar-refractivity contribution >= 4 is 0 Å². The van der Waals surface area contributed by atoms with Crippen LogP contribution in [0.3, 0.4) is 0 Å². The quantitative estimate of drug-likeness (QED) is 0.781. The third kappa shape index (κ3) is 1.98. The molecule has 0 heterocycles. The van der Waals surface area contributed by atoms with E-state index in [1.807, 2.05) is 39.0 Å². The fourth-order valence-electron chi connectivity index (χ4n) is 2.28. The van der Waals surface area contributed by atoms with Gasteiger partial charge in [0.1, 0.15) is 11.5 Å². The molecule has 0 fully saturated rings. The highest BCUT2D eigenvalue weighted by Gasteiger charge is 2.13. The molecule has 0 aromatic heterocycles. The Kier molecular flexibility index (Phi) is 2.80. The van der Waals surface area contributed by atoms with Gasteiger partial charge in [0.05, 0.1) is 0 Å². The predicted octanol–water partition coefficient (Wildman–Crippen LogP) is 3.69. The fraction of sp³-hybridized carbons (Fsp3) is 0.200. The summed E-state index contributed by atoms with van der Waals surface area (Å²) in [4.78, 5) is 0. The summed E-state index contributed by atoms with van der Waals surface area (Å²) in [6.45, 7) is 5.93. The van der Waals surface area contributed by atoms with Crippen LogP contribution in [0.2, 0.25) is 0 Å². The summed E-state index contributed by atoms with van der Waals surface area (Å²) in [5.74, 6) is 0.217. The van der Waals surface area contributed by atoms with Gasteiger partial charge in [0, 0.05) is 11.6 Å². The first-order chi connectivity index (χ1) is 8.00. The second-order valence-electron chi connectivity index (χ2n) is 4.42. The highest BCUT2D eigenvalue weighted by atomic mass is 16.3. The second kappa shape index (κ2) is 4.13. The molecule has 2 nitrogen and oxygen atoms in total. The van der Waals surface area contributed by atoms with Crippen LogP contribution in [0.15, 0.2) is 30.3 Å². The van der Waals surface area contributed by atoms with Gasteiger partial charge in [-0.3, -0.25) is 0 Å². The van der Waals surface area contributed by atoms with Gasteiger partial charge in [0.25, 0.3) is 0 Å². The third-order valence-electron chi connectivity index (χ3n) is 3.03. The van der Waals surface area contributed by atoms with Gasteiger partial charge in [-0.2, -0.15) is 0 Å². The molecule has 0 aliphatic heterocycles. The van der Waals surface area contributed by atoms with Gasteiger partial charge in [-0.15, -0.1) is 0 Å². The van der Waals surface area contributed by atoms with Crippen LogP contribution in [0, 0.1) is 20.8 Å². The molecule has 0 radical (unpaired) electrons. The number of rotatable bonds is 1. The lowest BCUT2D eigenvalue weighted by molar-refractivity contribution is 0.451. The van der Waals surface area contributed by atoms with Crippen LogP contribution in [0.25, 0.3) is 11.1 Å². The first-order valence-electron chi connectivity index (χ1n) is 5.60. The summed E-state index contributed by atoms with van der Waals surface area (Å²) in [6.07, 6.45) is 0. The highest BCUT2D eigenvalue weighted by molar-refractivity contribution is 5.79. The Morgan fingerprint density at radius 1 is 0.765 bits per heavy atom. The maximum absolute atomic E-state index is 10.0. The van der Waals surface area contributed by atoms with Crippen molar-refractivity contribution in [3.63, 3.8) is 0 Å². The molecule has 2 aromatic rings. The van der Waals surface area contributed by atoms with Crippen molar-refractivity contribution in [2.75, 3.05) is 0 Å². The van der Waals surface area contributed by atoms with E-state index in [0.717, 1.165) is 27.8 Å². The van der Waals surface area contributed by atoms with Gasteiger partial charge in [-0.25, -0.2) is 0 Å². The minimum Gasteiger partial charge on any atom is -0.508 e. The fourth-order valence-corrected chi connectivity index (χ4v) is 2.28. The van der Waals surface area contributed by atoms with E-state index >= 15 is 0 Å². The Bertz CT molecular complexity index is 528. The summed E-state index contributed by atoms with van der Waals surface area (Å²) >= 11 is 0. The molecule has 0 unspecified atom stereocenters. The highest BCUT2D eigenvalue weighted by Crippen LogP contribution is 2.38. The first-order valence-corrected chi connectivity index (χ1v) is 5.60. The standard InChI is InChI=1S/C15H16O2/c1-9-5-4-6-10(2)14(9)15-11(3)7-12(16)8-13(15)17/h4-8,16-17H,1-3H3. The van der Waals surface area contributed by atoms with Gasteiger partial charge in [0.15, 0.2) is 0 Å². The van der Waals surface area contributed by atoms with Crippen LogP contribution in [0.5, 0.6) is 11.5 Å². The summed E-state index contributed by atoms with van der Waals surface area (Å²) in [6, 6.07) is 9.10. The Morgan fingerprint density at radius 2 is 1.35 bits per heavy atom. The Labute approximate surface area is 101 Å². The number of phenolic OH excluding ortho intramolecular Hbond substituents is 2. The molecular weight excluding hydrogens is 212 g/mol. The molecule has 0 bridgehead atoms. The van der Waals surface area contributed by atoms with Crippen molar-refractivity contribution in [1.29, 1.82) is 0 Å². The van der Waals surface area contributed by atoms with E-state index in [-0.39, 0.29) is 11.5 Å². The largest absolute Gasteiger partial charge is 0.508 e. The molecule has 2 heteroatoms. The molecular formula is C15H16O2. The van der Waals surface area contributed by atoms with E-state index in [0.29, 0.717) is 0 Å². The van der Waals surface area contributed by atoms with E-state index < -0.39 is 0 Å². The van der Waals surface area contributed by atoms with Crippen molar-refractivity contribution < 1.29 is 10.2 Å². The normalized spacial score (nSPS) is 10.5. The van der Waals surface area contributed by atoms with Crippen molar-refractivity contribution in [3.05, 3.63) is 47.0 Å². The average Bonchev–Trinajstić information content (AvgIpc) is 2.21. The number of phenols is 2. The van der Waals surface area contributed by atoms with E-state index in [4.69, 9.17) is 0 Å². The molecule has 2 aromatic carbocycles. The Hall–Kier alpha value is -1.96. The zero-order valence-corrected chi connectivity index (χ0v) is 10.3. The zero-order valence-electron chi connectivity index (χ0n) is 10.3. The lowest BCUT2D eigenvalue weighted by Crippen LogP contribution is -1.91. The van der Waals surface area contributed by atoms with Gasteiger partial charge < -0.3 is 10.2 Å². The Morgan fingerprint density at radius 3 is 1.88 bits per heavy atom. The lowest BCUT2D eigenvalue weighted by Gasteiger charge is -2.14. The molecule has 0 saturated heterocycles. The van der Waals surface area contributed by atoms with Crippen LogP contribution in [0.4, 0.5) is 0 Å². The molecule has 0 spiro atoms. The van der Waals surface area contributed by atoms with Gasteiger partial charge >= 0.3 is 0 Å². The number of hydrogen-bond acceptors (Lipinski definition) is 2. The lowest BCUT2D eigenvalue weighted by atomic mass is 9.92. The van der Waals surface area contributed by atoms with Gasteiger partial charge in [-0.05, 0) is 49.1 Å². The number of hydrogen-bond donors (Lipinski definition) is 2. The summed E-state index contributed by atoms with van der Waals surface area (Å²) in [7, 11) is 0. The summed E-state index contributed by atoms with van der Waals surface area (Å²) in [5.41, 5.74) is 4.96.